The van der Waals surface area contributed by atoms with Gasteiger partial charge in [0, 0.05) is 30.7 Å². The van der Waals surface area contributed by atoms with Crippen LogP contribution in [-0.2, 0) is 9.59 Å². The molecule has 0 N–H and O–H groups in total. The number of amides is 2. The summed E-state index contributed by atoms with van der Waals surface area (Å²) < 4.78 is 0. The van der Waals surface area contributed by atoms with Crippen LogP contribution >= 0.6 is 0 Å². The summed E-state index contributed by atoms with van der Waals surface area (Å²) in [5, 5.41) is 0. The van der Waals surface area contributed by atoms with Crippen LogP contribution in [0.2, 0.25) is 0 Å². The molecule has 110 valence electrons. The molecule has 1 unspecified atom stereocenters. The van der Waals surface area contributed by atoms with Crippen LogP contribution in [0.15, 0.2) is 59.4 Å². The molecule has 0 aromatic carbocycles. The van der Waals surface area contributed by atoms with Gasteiger partial charge in [-0.2, -0.15) is 0 Å². The zero-order valence-electron chi connectivity index (χ0n) is 12.6. The van der Waals surface area contributed by atoms with E-state index in [1.165, 1.54) is 0 Å². The second-order valence-corrected chi connectivity index (χ2v) is 5.31. The molecule has 2 aliphatic heterocycles. The van der Waals surface area contributed by atoms with E-state index >= 15 is 0 Å². The molecule has 1 aliphatic carbocycles. The number of rotatable bonds is 2. The second kappa shape index (κ2) is 5.19. The van der Waals surface area contributed by atoms with Gasteiger partial charge < -0.3 is 4.90 Å². The Morgan fingerprint density at radius 3 is 2.86 bits per heavy atom. The summed E-state index contributed by atoms with van der Waals surface area (Å²) in [5.74, 6) is 5.60. The van der Waals surface area contributed by atoms with Crippen molar-refractivity contribution in [2.45, 2.75) is 19.5 Å². The van der Waals surface area contributed by atoms with Crippen LogP contribution in [0.25, 0.3) is 0 Å². The fourth-order valence-electron chi connectivity index (χ4n) is 2.97. The third-order valence-electron chi connectivity index (χ3n) is 4.08. The molecule has 1 atom stereocenters. The first-order chi connectivity index (χ1) is 10.6. The van der Waals surface area contributed by atoms with Crippen LogP contribution in [-0.4, -0.2) is 34.8 Å². The minimum atomic E-state index is -0.405. The van der Waals surface area contributed by atoms with Crippen molar-refractivity contribution in [3.05, 3.63) is 59.4 Å². The van der Waals surface area contributed by atoms with Crippen molar-refractivity contribution in [1.29, 1.82) is 0 Å². The summed E-state index contributed by atoms with van der Waals surface area (Å²) in [5.41, 5.74) is 2.61. The molecule has 4 nitrogen and oxygen atoms in total. The first-order valence-electron chi connectivity index (χ1n) is 7.07. The highest BCUT2D eigenvalue weighted by molar-refractivity contribution is 6.07. The van der Waals surface area contributed by atoms with E-state index in [0.29, 0.717) is 23.3 Å². The molecule has 0 bridgehead atoms. The fourth-order valence-corrected chi connectivity index (χ4v) is 2.97. The number of allylic oxidation sites excluding steroid dienone is 4. The fraction of sp³-hybridized carbons (Fsp3) is 0.222. The van der Waals surface area contributed by atoms with Gasteiger partial charge in [0.1, 0.15) is 6.17 Å². The van der Waals surface area contributed by atoms with Crippen LogP contribution in [0, 0.1) is 11.8 Å². The monoisotopic (exact) mass is 292 g/mol. The van der Waals surface area contributed by atoms with Crippen molar-refractivity contribution >= 4 is 11.8 Å². The minimum absolute atomic E-state index is 0.0767. The Morgan fingerprint density at radius 2 is 2.14 bits per heavy atom. The molecule has 1 saturated heterocycles. The van der Waals surface area contributed by atoms with Crippen LogP contribution in [0.4, 0.5) is 0 Å². The van der Waals surface area contributed by atoms with Crippen LogP contribution in [0.1, 0.15) is 13.3 Å². The Hall–Kier alpha value is -2.80. The number of hydrogen-bond acceptors (Lipinski definition) is 2. The van der Waals surface area contributed by atoms with Crippen molar-refractivity contribution in [1.82, 2.24) is 9.80 Å². The van der Waals surface area contributed by atoms with E-state index in [0.717, 1.165) is 5.57 Å². The maximum atomic E-state index is 12.7. The average molecular weight is 292 g/mol. The summed E-state index contributed by atoms with van der Waals surface area (Å²) in [7, 11) is 1.71. The largest absolute Gasteiger partial charge is 0.317 e. The van der Waals surface area contributed by atoms with Gasteiger partial charge in [-0.3, -0.25) is 14.5 Å². The molecule has 0 saturated carbocycles. The number of likely N-dealkylation sites (N-methyl/N-ethyl adjacent to an activating group) is 1. The van der Waals surface area contributed by atoms with Gasteiger partial charge in [-0.15, -0.1) is 0 Å². The van der Waals surface area contributed by atoms with Gasteiger partial charge in [0.25, 0.3) is 11.8 Å². The molecular weight excluding hydrogens is 276 g/mol. The molecule has 0 aromatic rings. The molecule has 1 fully saturated rings. The van der Waals surface area contributed by atoms with Gasteiger partial charge >= 0.3 is 0 Å². The predicted octanol–water partition coefficient (Wildman–Crippen LogP) is 1.90. The Kier molecular flexibility index (Phi) is 3.34. The van der Waals surface area contributed by atoms with E-state index in [1.54, 1.807) is 42.0 Å². The molecule has 0 spiro atoms. The summed E-state index contributed by atoms with van der Waals surface area (Å²) >= 11 is 0. The number of carbonyl (C=O) groups excluding carboxylic acids is 2. The Balaban J connectivity index is 2.15. The third-order valence-corrected chi connectivity index (χ3v) is 4.08. The number of fused-ring (bicyclic) bond motifs is 3. The van der Waals surface area contributed by atoms with Gasteiger partial charge in [0.2, 0.25) is 0 Å². The SMILES string of the molecule is C=C/C=C\C1=C(C)C(=O)N2C3=CCC#CC=C3C(=O)N(C)C12. The maximum Gasteiger partial charge on any atom is 0.258 e. The molecule has 2 amide bonds. The lowest BCUT2D eigenvalue weighted by Gasteiger charge is -2.41. The molecule has 3 rings (SSSR count). The lowest BCUT2D eigenvalue weighted by Crippen LogP contribution is -2.54. The summed E-state index contributed by atoms with van der Waals surface area (Å²) in [6.07, 6.45) is 8.86. The smallest absolute Gasteiger partial charge is 0.258 e. The Bertz CT molecular complexity index is 769. The lowest BCUT2D eigenvalue weighted by molar-refractivity contribution is -0.137. The molecule has 3 aliphatic rings. The van der Waals surface area contributed by atoms with Gasteiger partial charge in [-0.05, 0) is 13.0 Å². The maximum absolute atomic E-state index is 12.7. The molecule has 0 aromatic heterocycles. The normalized spacial score (nSPS) is 23.6. The van der Waals surface area contributed by atoms with Gasteiger partial charge in [-0.1, -0.05) is 36.6 Å². The minimum Gasteiger partial charge on any atom is -0.317 e. The van der Waals surface area contributed by atoms with E-state index in [2.05, 4.69) is 18.4 Å². The van der Waals surface area contributed by atoms with E-state index in [-0.39, 0.29) is 11.8 Å². The summed E-state index contributed by atoms with van der Waals surface area (Å²) in [6.45, 7) is 5.45. The first kappa shape index (κ1) is 14.2. The summed E-state index contributed by atoms with van der Waals surface area (Å²) in [4.78, 5) is 28.6. The highest BCUT2D eigenvalue weighted by Crippen LogP contribution is 2.39. The van der Waals surface area contributed by atoms with E-state index in [4.69, 9.17) is 0 Å². The third kappa shape index (κ3) is 1.86. The van der Waals surface area contributed by atoms with E-state index < -0.39 is 6.17 Å². The highest BCUT2D eigenvalue weighted by atomic mass is 16.2. The molecule has 22 heavy (non-hydrogen) atoms. The number of carbonyl (C=O) groups is 2. The van der Waals surface area contributed by atoms with Crippen LogP contribution < -0.4 is 0 Å². The molecule has 4 heteroatoms. The standard InChI is InChI=1S/C18H16N2O2/c1-4-5-9-13-12(2)17(21)20-15-11-8-6-7-10-14(15)18(22)19(3)16(13)20/h4-5,9-11,16H,1,8H2,2-3H3/b9-5-. The summed E-state index contributed by atoms with van der Waals surface area (Å²) in [6, 6.07) is 0. The van der Waals surface area contributed by atoms with Crippen molar-refractivity contribution in [2.75, 3.05) is 7.05 Å². The van der Waals surface area contributed by atoms with Gasteiger partial charge in [0.15, 0.2) is 0 Å². The molecule has 0 radical (unpaired) electrons. The van der Waals surface area contributed by atoms with Gasteiger partial charge in [0.05, 0.1) is 11.3 Å². The second-order valence-electron chi connectivity index (χ2n) is 5.31. The van der Waals surface area contributed by atoms with Gasteiger partial charge in [-0.25, -0.2) is 0 Å². The first-order valence-corrected chi connectivity index (χ1v) is 7.07. The highest BCUT2D eigenvalue weighted by Gasteiger charge is 2.47. The van der Waals surface area contributed by atoms with Crippen LogP contribution in [0.3, 0.4) is 0 Å². The zero-order chi connectivity index (χ0) is 15.9. The zero-order valence-corrected chi connectivity index (χ0v) is 12.6. The quantitative estimate of drug-likeness (QED) is 0.576. The lowest BCUT2D eigenvalue weighted by atomic mass is 10.0. The molecular formula is C18H16N2O2. The van der Waals surface area contributed by atoms with E-state index in [1.807, 2.05) is 12.2 Å². The molecule has 2 heterocycles. The number of nitrogens with zero attached hydrogens (tertiary/aromatic N) is 2. The topological polar surface area (TPSA) is 40.6 Å². The van der Waals surface area contributed by atoms with E-state index in [9.17, 15) is 9.59 Å². The van der Waals surface area contributed by atoms with Crippen molar-refractivity contribution in [2.24, 2.45) is 0 Å². The number of hydrogen-bond donors (Lipinski definition) is 0. The van der Waals surface area contributed by atoms with Crippen LogP contribution in [0.5, 0.6) is 0 Å². The van der Waals surface area contributed by atoms with Crippen molar-refractivity contribution < 1.29 is 9.59 Å². The average Bonchev–Trinajstić information content (AvgIpc) is 2.70. The Labute approximate surface area is 129 Å². The predicted molar refractivity (Wildman–Crippen MR) is 84.0 cm³/mol. The van der Waals surface area contributed by atoms with Crippen molar-refractivity contribution in [3.63, 3.8) is 0 Å². The van der Waals surface area contributed by atoms with Crippen molar-refractivity contribution in [3.8, 4) is 11.8 Å². The Morgan fingerprint density at radius 1 is 1.36 bits per heavy atom.